The lowest BCUT2D eigenvalue weighted by Gasteiger charge is -2.19. The van der Waals surface area contributed by atoms with Crippen molar-refractivity contribution in [2.45, 2.75) is 25.2 Å². The maximum absolute atomic E-state index is 13.3. The Bertz CT molecular complexity index is 170. The highest BCUT2D eigenvalue weighted by Gasteiger charge is 2.22. The van der Waals surface area contributed by atoms with Crippen molar-refractivity contribution >= 4 is 31.9 Å². The SMILES string of the molecule is CC(F)(CBr)COCCOCC(C)(F)CBr. The fourth-order valence-electron chi connectivity index (χ4n) is 0.765. The van der Waals surface area contributed by atoms with Gasteiger partial charge in [0.25, 0.3) is 0 Å². The van der Waals surface area contributed by atoms with Crippen molar-refractivity contribution in [2.24, 2.45) is 0 Å². The quantitative estimate of drug-likeness (QED) is 0.460. The van der Waals surface area contributed by atoms with E-state index in [1.165, 1.54) is 13.8 Å². The minimum Gasteiger partial charge on any atom is -0.376 e. The third-order valence-electron chi connectivity index (χ3n) is 1.74. The highest BCUT2D eigenvalue weighted by Crippen LogP contribution is 2.14. The Kier molecular flexibility index (Phi) is 8.32. The van der Waals surface area contributed by atoms with E-state index in [1.54, 1.807) is 0 Å². The standard InChI is InChI=1S/C10H18Br2F2O2/c1-9(13,5-11)7-15-3-4-16-8-10(2,14)6-12/h3-8H2,1-2H3. The summed E-state index contributed by atoms with van der Waals surface area (Å²) in [6, 6.07) is 0. The average molecular weight is 368 g/mol. The van der Waals surface area contributed by atoms with E-state index in [9.17, 15) is 8.78 Å². The summed E-state index contributed by atoms with van der Waals surface area (Å²) in [6.07, 6.45) is 0. The lowest BCUT2D eigenvalue weighted by atomic mass is 10.2. The molecule has 0 saturated carbocycles. The zero-order valence-electron chi connectivity index (χ0n) is 9.57. The van der Waals surface area contributed by atoms with Crippen LogP contribution in [0.4, 0.5) is 8.78 Å². The molecule has 0 aromatic carbocycles. The molecule has 0 aromatic rings. The minimum atomic E-state index is -1.37. The second-order valence-electron chi connectivity index (χ2n) is 4.20. The van der Waals surface area contributed by atoms with E-state index in [1.807, 2.05) is 0 Å². The van der Waals surface area contributed by atoms with Crippen LogP contribution in [0.2, 0.25) is 0 Å². The molecule has 2 nitrogen and oxygen atoms in total. The smallest absolute Gasteiger partial charge is 0.141 e. The fraction of sp³-hybridized carbons (Fsp3) is 1.00. The fourth-order valence-corrected chi connectivity index (χ4v) is 1.09. The van der Waals surface area contributed by atoms with Gasteiger partial charge in [0.15, 0.2) is 0 Å². The molecule has 2 unspecified atom stereocenters. The largest absolute Gasteiger partial charge is 0.376 e. The van der Waals surface area contributed by atoms with Gasteiger partial charge in [-0.05, 0) is 13.8 Å². The van der Waals surface area contributed by atoms with Crippen LogP contribution >= 0.6 is 31.9 Å². The first kappa shape index (κ1) is 16.7. The van der Waals surface area contributed by atoms with Crippen molar-refractivity contribution in [1.29, 1.82) is 0 Å². The molecular formula is C10H18Br2F2O2. The van der Waals surface area contributed by atoms with Crippen LogP contribution in [0, 0.1) is 0 Å². The van der Waals surface area contributed by atoms with Crippen LogP contribution in [-0.4, -0.2) is 48.4 Å². The number of halogens is 4. The van der Waals surface area contributed by atoms with Gasteiger partial charge in [-0.15, -0.1) is 0 Å². The van der Waals surface area contributed by atoms with Crippen LogP contribution in [0.3, 0.4) is 0 Å². The van der Waals surface area contributed by atoms with Crippen molar-refractivity contribution in [3.8, 4) is 0 Å². The average Bonchev–Trinajstić information content (AvgIpc) is 2.23. The number of alkyl halides is 4. The van der Waals surface area contributed by atoms with Crippen LogP contribution < -0.4 is 0 Å². The molecule has 0 saturated heterocycles. The number of hydrogen-bond acceptors (Lipinski definition) is 2. The molecule has 0 rings (SSSR count). The van der Waals surface area contributed by atoms with E-state index in [4.69, 9.17) is 9.47 Å². The summed E-state index contributed by atoms with van der Waals surface area (Å²) >= 11 is 6.10. The van der Waals surface area contributed by atoms with Crippen molar-refractivity contribution in [3.63, 3.8) is 0 Å². The normalized spacial score (nSPS) is 19.1. The Labute approximate surface area is 112 Å². The van der Waals surface area contributed by atoms with Gasteiger partial charge in [-0.2, -0.15) is 0 Å². The summed E-state index contributed by atoms with van der Waals surface area (Å²) in [7, 11) is 0. The van der Waals surface area contributed by atoms with Gasteiger partial charge in [0.1, 0.15) is 11.3 Å². The van der Waals surface area contributed by atoms with Gasteiger partial charge < -0.3 is 9.47 Å². The zero-order valence-corrected chi connectivity index (χ0v) is 12.7. The van der Waals surface area contributed by atoms with Gasteiger partial charge in [0.05, 0.1) is 26.4 Å². The minimum absolute atomic E-state index is 0.00689. The zero-order chi connectivity index (χ0) is 12.7. The number of hydrogen-bond donors (Lipinski definition) is 0. The second-order valence-corrected chi connectivity index (χ2v) is 5.32. The number of rotatable bonds is 9. The van der Waals surface area contributed by atoms with E-state index in [0.717, 1.165) is 0 Å². The van der Waals surface area contributed by atoms with Crippen LogP contribution in [0.15, 0.2) is 0 Å². The summed E-state index contributed by atoms with van der Waals surface area (Å²) in [5, 5.41) is 0.458. The van der Waals surface area contributed by atoms with Gasteiger partial charge in [0, 0.05) is 10.7 Å². The molecule has 0 aliphatic carbocycles. The Balaban J connectivity index is 3.42. The van der Waals surface area contributed by atoms with Crippen molar-refractivity contribution < 1.29 is 18.3 Å². The van der Waals surface area contributed by atoms with Gasteiger partial charge in [0.2, 0.25) is 0 Å². The molecule has 0 radical (unpaired) electrons. The first-order valence-electron chi connectivity index (χ1n) is 4.98. The topological polar surface area (TPSA) is 18.5 Å². The van der Waals surface area contributed by atoms with E-state index in [2.05, 4.69) is 31.9 Å². The molecule has 0 fully saturated rings. The van der Waals surface area contributed by atoms with Crippen molar-refractivity contribution in [3.05, 3.63) is 0 Å². The molecule has 0 spiro atoms. The molecule has 2 atom stereocenters. The maximum Gasteiger partial charge on any atom is 0.141 e. The first-order chi connectivity index (χ1) is 7.33. The van der Waals surface area contributed by atoms with Crippen LogP contribution in [0.1, 0.15) is 13.8 Å². The van der Waals surface area contributed by atoms with E-state index < -0.39 is 11.3 Å². The molecule has 0 N–H and O–H groups in total. The molecule has 0 aliphatic rings. The Morgan fingerprint density at radius 1 is 0.875 bits per heavy atom. The van der Waals surface area contributed by atoms with E-state index >= 15 is 0 Å². The molecule has 0 bridgehead atoms. The number of ether oxygens (including phenoxy) is 2. The Morgan fingerprint density at radius 2 is 1.19 bits per heavy atom. The molecule has 0 heterocycles. The Hall–Kier alpha value is 0.740. The van der Waals surface area contributed by atoms with Gasteiger partial charge in [-0.3, -0.25) is 0 Å². The highest BCUT2D eigenvalue weighted by molar-refractivity contribution is 9.09. The molecule has 0 aromatic heterocycles. The molecular weight excluding hydrogens is 350 g/mol. The van der Waals surface area contributed by atoms with Crippen LogP contribution in [0.25, 0.3) is 0 Å². The monoisotopic (exact) mass is 366 g/mol. The Morgan fingerprint density at radius 3 is 1.44 bits per heavy atom. The predicted octanol–water partition coefficient (Wildman–Crippen LogP) is 3.27. The van der Waals surface area contributed by atoms with E-state index in [-0.39, 0.29) is 37.1 Å². The van der Waals surface area contributed by atoms with Gasteiger partial charge in [-0.25, -0.2) is 8.78 Å². The molecule has 6 heteroatoms. The lowest BCUT2D eigenvalue weighted by molar-refractivity contribution is -0.0179. The third-order valence-corrected chi connectivity index (χ3v) is 4.07. The molecule has 0 aliphatic heterocycles. The molecule has 98 valence electrons. The third kappa shape index (κ3) is 8.84. The van der Waals surface area contributed by atoms with Crippen molar-refractivity contribution in [2.75, 3.05) is 37.1 Å². The summed E-state index contributed by atoms with van der Waals surface area (Å²) in [5.74, 6) is 0. The van der Waals surface area contributed by atoms with Crippen LogP contribution in [0.5, 0.6) is 0 Å². The summed E-state index contributed by atoms with van der Waals surface area (Å²) in [5.41, 5.74) is -2.74. The first-order valence-corrected chi connectivity index (χ1v) is 7.22. The van der Waals surface area contributed by atoms with Crippen molar-refractivity contribution in [1.82, 2.24) is 0 Å². The summed E-state index contributed by atoms with van der Waals surface area (Å²) in [6.45, 7) is 3.45. The van der Waals surface area contributed by atoms with Gasteiger partial charge >= 0.3 is 0 Å². The summed E-state index contributed by atoms with van der Waals surface area (Å²) < 4.78 is 36.7. The van der Waals surface area contributed by atoms with E-state index in [0.29, 0.717) is 0 Å². The molecule has 16 heavy (non-hydrogen) atoms. The second kappa shape index (κ2) is 7.95. The molecule has 0 amide bonds. The van der Waals surface area contributed by atoms with Crippen LogP contribution in [-0.2, 0) is 9.47 Å². The maximum atomic E-state index is 13.3. The summed E-state index contributed by atoms with van der Waals surface area (Å²) in [4.78, 5) is 0. The van der Waals surface area contributed by atoms with Gasteiger partial charge in [-0.1, -0.05) is 31.9 Å². The highest BCUT2D eigenvalue weighted by atomic mass is 79.9. The predicted molar refractivity (Wildman–Crippen MR) is 68.3 cm³/mol. The lowest BCUT2D eigenvalue weighted by Crippen LogP contribution is -2.30.